The Balaban J connectivity index is 2.39. The van der Waals surface area contributed by atoms with Gasteiger partial charge in [0.15, 0.2) is 9.84 Å². The van der Waals surface area contributed by atoms with Crippen molar-refractivity contribution in [2.75, 3.05) is 12.4 Å². The minimum atomic E-state index is -2.93. The van der Waals surface area contributed by atoms with Crippen LogP contribution in [0.2, 0.25) is 0 Å². The van der Waals surface area contributed by atoms with E-state index in [1.54, 1.807) is 6.08 Å². The van der Waals surface area contributed by atoms with Crippen LogP contribution in [-0.2, 0) is 14.6 Å². The van der Waals surface area contributed by atoms with Crippen molar-refractivity contribution in [3.8, 4) is 0 Å². The molecule has 1 atom stereocenters. The molecule has 1 heterocycles. The van der Waals surface area contributed by atoms with Crippen molar-refractivity contribution in [1.82, 2.24) is 0 Å². The third-order valence-corrected chi connectivity index (χ3v) is 2.80. The van der Waals surface area contributed by atoms with Crippen LogP contribution >= 0.6 is 0 Å². The molecule has 0 N–H and O–H groups in total. The highest BCUT2D eigenvalue weighted by atomic mass is 32.2. The topological polar surface area (TPSA) is 43.4 Å². The van der Waals surface area contributed by atoms with E-state index in [0.717, 1.165) is 6.42 Å². The van der Waals surface area contributed by atoms with Crippen molar-refractivity contribution in [3.05, 3.63) is 11.5 Å². The zero-order chi connectivity index (χ0) is 8.32. The van der Waals surface area contributed by atoms with Crippen molar-refractivity contribution in [2.24, 2.45) is 0 Å². The molecule has 0 fully saturated rings. The Kier molecular flexibility index (Phi) is 2.67. The third-order valence-electron chi connectivity index (χ3n) is 1.43. The minimum absolute atomic E-state index is 0.118. The molecule has 3 nitrogen and oxygen atoms in total. The SMILES string of the molecule is CCCOC1C=CS(=O)(=O)C1. The Labute approximate surface area is 67.0 Å². The number of hydrogen-bond acceptors (Lipinski definition) is 3. The molecule has 1 aliphatic heterocycles. The molecule has 0 radical (unpaired) electrons. The molecular formula is C7H12O3S. The largest absolute Gasteiger partial charge is 0.373 e. The molecule has 11 heavy (non-hydrogen) atoms. The van der Waals surface area contributed by atoms with E-state index in [4.69, 9.17) is 4.74 Å². The van der Waals surface area contributed by atoms with E-state index in [0.29, 0.717) is 6.61 Å². The number of sulfone groups is 1. The Morgan fingerprint density at radius 2 is 2.36 bits per heavy atom. The Hall–Kier alpha value is -0.350. The van der Waals surface area contributed by atoms with E-state index in [-0.39, 0.29) is 11.9 Å². The van der Waals surface area contributed by atoms with Crippen LogP contribution in [-0.4, -0.2) is 26.9 Å². The van der Waals surface area contributed by atoms with Crippen LogP contribution in [0.15, 0.2) is 11.5 Å². The second kappa shape index (κ2) is 3.36. The van der Waals surface area contributed by atoms with Crippen LogP contribution in [0.5, 0.6) is 0 Å². The molecule has 0 aromatic carbocycles. The first kappa shape index (κ1) is 8.74. The molecule has 64 valence electrons. The first-order valence-electron chi connectivity index (χ1n) is 3.66. The molecule has 4 heteroatoms. The number of hydrogen-bond donors (Lipinski definition) is 0. The monoisotopic (exact) mass is 176 g/mol. The number of rotatable bonds is 3. The summed E-state index contributed by atoms with van der Waals surface area (Å²) in [5.74, 6) is 0.118. The van der Waals surface area contributed by atoms with Gasteiger partial charge in [-0.2, -0.15) is 0 Å². The lowest BCUT2D eigenvalue weighted by Crippen LogP contribution is -2.15. The van der Waals surface area contributed by atoms with Crippen molar-refractivity contribution in [3.63, 3.8) is 0 Å². The molecular weight excluding hydrogens is 164 g/mol. The maximum atomic E-state index is 10.8. The van der Waals surface area contributed by atoms with E-state index in [1.807, 2.05) is 6.92 Å². The van der Waals surface area contributed by atoms with Crippen LogP contribution in [0.1, 0.15) is 13.3 Å². The van der Waals surface area contributed by atoms with E-state index >= 15 is 0 Å². The highest BCUT2D eigenvalue weighted by molar-refractivity contribution is 7.94. The maximum absolute atomic E-state index is 10.8. The summed E-state index contributed by atoms with van der Waals surface area (Å²) in [6.07, 6.45) is 2.31. The fraction of sp³-hybridized carbons (Fsp3) is 0.714. The lowest BCUT2D eigenvalue weighted by atomic mass is 10.4. The van der Waals surface area contributed by atoms with Gasteiger partial charge in [0.2, 0.25) is 0 Å². The van der Waals surface area contributed by atoms with E-state index in [1.165, 1.54) is 5.41 Å². The molecule has 0 aliphatic carbocycles. The van der Waals surface area contributed by atoms with Crippen LogP contribution in [0.4, 0.5) is 0 Å². The van der Waals surface area contributed by atoms with Crippen molar-refractivity contribution >= 4 is 9.84 Å². The van der Waals surface area contributed by atoms with Crippen LogP contribution in [0, 0.1) is 0 Å². The van der Waals surface area contributed by atoms with Gasteiger partial charge in [-0.3, -0.25) is 0 Å². The highest BCUT2D eigenvalue weighted by Gasteiger charge is 2.21. The maximum Gasteiger partial charge on any atom is 0.174 e. The normalized spacial score (nSPS) is 27.5. The third kappa shape index (κ3) is 2.63. The Bertz CT molecular complexity index is 240. The van der Waals surface area contributed by atoms with Gasteiger partial charge >= 0.3 is 0 Å². The van der Waals surface area contributed by atoms with Gasteiger partial charge < -0.3 is 4.74 Å². The van der Waals surface area contributed by atoms with Gasteiger partial charge in [-0.25, -0.2) is 8.42 Å². The molecule has 0 aromatic rings. The van der Waals surface area contributed by atoms with E-state index in [2.05, 4.69) is 0 Å². The Morgan fingerprint density at radius 1 is 1.64 bits per heavy atom. The predicted octanol–water partition coefficient (Wildman–Crippen LogP) is 0.724. The predicted molar refractivity (Wildman–Crippen MR) is 43.0 cm³/mol. The lowest BCUT2D eigenvalue weighted by molar-refractivity contribution is 0.102. The summed E-state index contributed by atoms with van der Waals surface area (Å²) in [5, 5.41) is 1.23. The van der Waals surface area contributed by atoms with Gasteiger partial charge in [0.05, 0.1) is 11.9 Å². The van der Waals surface area contributed by atoms with Crippen LogP contribution < -0.4 is 0 Å². The summed E-state index contributed by atoms with van der Waals surface area (Å²) < 4.78 is 26.9. The summed E-state index contributed by atoms with van der Waals surface area (Å²) in [4.78, 5) is 0. The summed E-state index contributed by atoms with van der Waals surface area (Å²) in [6.45, 7) is 2.62. The summed E-state index contributed by atoms with van der Waals surface area (Å²) >= 11 is 0. The molecule has 1 unspecified atom stereocenters. The smallest absolute Gasteiger partial charge is 0.174 e. The molecule has 0 saturated carbocycles. The van der Waals surface area contributed by atoms with Crippen molar-refractivity contribution in [2.45, 2.75) is 19.4 Å². The average Bonchev–Trinajstić information content (AvgIpc) is 2.26. The minimum Gasteiger partial charge on any atom is -0.373 e. The molecule has 0 spiro atoms. The lowest BCUT2D eigenvalue weighted by Gasteiger charge is -2.06. The average molecular weight is 176 g/mol. The van der Waals surface area contributed by atoms with E-state index in [9.17, 15) is 8.42 Å². The van der Waals surface area contributed by atoms with Gasteiger partial charge in [0, 0.05) is 12.0 Å². The molecule has 0 saturated heterocycles. The molecule has 1 aliphatic rings. The Morgan fingerprint density at radius 3 is 2.82 bits per heavy atom. The van der Waals surface area contributed by atoms with E-state index < -0.39 is 9.84 Å². The van der Waals surface area contributed by atoms with Gasteiger partial charge in [-0.15, -0.1) is 0 Å². The summed E-state index contributed by atoms with van der Waals surface area (Å²) in [6, 6.07) is 0. The second-order valence-electron chi connectivity index (χ2n) is 2.57. The molecule has 1 rings (SSSR count). The zero-order valence-electron chi connectivity index (χ0n) is 6.49. The fourth-order valence-corrected chi connectivity index (χ4v) is 2.11. The molecule has 0 bridgehead atoms. The first-order valence-corrected chi connectivity index (χ1v) is 5.38. The first-order chi connectivity index (χ1) is 5.14. The van der Waals surface area contributed by atoms with Crippen molar-refractivity contribution < 1.29 is 13.2 Å². The van der Waals surface area contributed by atoms with Crippen LogP contribution in [0.25, 0.3) is 0 Å². The van der Waals surface area contributed by atoms with Gasteiger partial charge in [-0.1, -0.05) is 6.92 Å². The van der Waals surface area contributed by atoms with Crippen molar-refractivity contribution in [1.29, 1.82) is 0 Å². The summed E-state index contributed by atoms with van der Waals surface area (Å²) in [7, 11) is -2.93. The zero-order valence-corrected chi connectivity index (χ0v) is 7.30. The van der Waals surface area contributed by atoms with Crippen LogP contribution in [0.3, 0.4) is 0 Å². The second-order valence-corrected chi connectivity index (χ2v) is 4.50. The highest BCUT2D eigenvalue weighted by Crippen LogP contribution is 2.11. The fourth-order valence-electron chi connectivity index (χ4n) is 0.920. The molecule has 0 amide bonds. The molecule has 0 aromatic heterocycles. The standard InChI is InChI=1S/C7H12O3S/c1-2-4-10-7-3-5-11(8,9)6-7/h3,5,7H,2,4,6H2,1H3. The number of ether oxygens (including phenoxy) is 1. The van der Waals surface area contributed by atoms with Gasteiger partial charge in [-0.05, 0) is 12.5 Å². The van der Waals surface area contributed by atoms with Gasteiger partial charge in [0.1, 0.15) is 0 Å². The summed E-state index contributed by atoms with van der Waals surface area (Å²) in [5.41, 5.74) is 0. The quantitative estimate of drug-likeness (QED) is 0.636. The van der Waals surface area contributed by atoms with Gasteiger partial charge in [0.25, 0.3) is 0 Å².